The minimum absolute atomic E-state index is 0.00522. The second kappa shape index (κ2) is 11.2. The molecule has 0 spiro atoms. The van der Waals surface area contributed by atoms with E-state index in [9.17, 15) is 0 Å². The average molecular weight is 669 g/mol. The molecule has 1 fully saturated rings. The van der Waals surface area contributed by atoms with Crippen LogP contribution in [0.4, 0.5) is 0 Å². The fourth-order valence-corrected chi connectivity index (χ4v) is 10.1. The Labute approximate surface area is 306 Å². The van der Waals surface area contributed by atoms with Gasteiger partial charge in [-0.1, -0.05) is 153 Å². The van der Waals surface area contributed by atoms with Gasteiger partial charge in [-0.05, 0) is 119 Å². The molecule has 52 heavy (non-hydrogen) atoms. The Morgan fingerprint density at radius 3 is 2.42 bits per heavy atom. The molecule has 1 aliphatic heterocycles. The van der Waals surface area contributed by atoms with Gasteiger partial charge in [0.05, 0.1) is 12.2 Å². The van der Waals surface area contributed by atoms with Gasteiger partial charge in [-0.25, -0.2) is 0 Å². The van der Waals surface area contributed by atoms with Gasteiger partial charge in [0.15, 0.2) is 0 Å². The molecule has 6 aliphatic rings. The van der Waals surface area contributed by atoms with E-state index in [1.54, 1.807) is 0 Å². The van der Waals surface area contributed by atoms with Crippen molar-refractivity contribution < 1.29 is 4.74 Å². The first kappa shape index (κ1) is 30.2. The highest BCUT2D eigenvalue weighted by atomic mass is 16.5. The van der Waals surface area contributed by atoms with E-state index in [1.165, 1.54) is 88.4 Å². The van der Waals surface area contributed by atoms with Gasteiger partial charge >= 0.3 is 0 Å². The van der Waals surface area contributed by atoms with Crippen molar-refractivity contribution >= 4 is 28.9 Å². The highest BCUT2D eigenvalue weighted by Gasteiger charge is 2.45. The Morgan fingerprint density at radius 1 is 0.673 bits per heavy atom. The van der Waals surface area contributed by atoms with Crippen LogP contribution in [0.25, 0.3) is 51.1 Å². The molecule has 4 atom stereocenters. The molecule has 1 nitrogen and oxygen atoms in total. The van der Waals surface area contributed by atoms with Crippen molar-refractivity contribution in [3.63, 3.8) is 0 Å². The van der Waals surface area contributed by atoms with Crippen molar-refractivity contribution in [1.82, 2.24) is 0 Å². The van der Waals surface area contributed by atoms with Crippen molar-refractivity contribution in [2.75, 3.05) is 0 Å². The van der Waals surface area contributed by atoms with Gasteiger partial charge in [0.2, 0.25) is 0 Å². The number of benzene rings is 5. The summed E-state index contributed by atoms with van der Waals surface area (Å²) in [6.07, 6.45) is 20.8. The molecule has 0 N–H and O–H groups in total. The van der Waals surface area contributed by atoms with Crippen LogP contribution in [-0.2, 0) is 16.6 Å². The Bertz CT molecular complexity index is 2640. The topological polar surface area (TPSA) is 9.23 Å². The Morgan fingerprint density at radius 2 is 1.50 bits per heavy atom. The number of fused-ring (bicyclic) bond motifs is 7. The fourth-order valence-electron chi connectivity index (χ4n) is 10.1. The molecule has 1 saturated heterocycles. The lowest BCUT2D eigenvalue weighted by atomic mass is 9.68. The lowest BCUT2D eigenvalue weighted by molar-refractivity contribution is -0.00253. The van der Waals surface area contributed by atoms with Gasteiger partial charge in [-0.15, -0.1) is 0 Å². The summed E-state index contributed by atoms with van der Waals surface area (Å²) in [5.74, 6) is 0.450. The number of allylic oxidation sites excluding steroid dienone is 6. The van der Waals surface area contributed by atoms with E-state index in [1.807, 2.05) is 0 Å². The van der Waals surface area contributed by atoms with Crippen LogP contribution in [0.3, 0.4) is 0 Å². The number of aryl methyl sites for hydroxylation is 1. The molecule has 0 bridgehead atoms. The maximum absolute atomic E-state index is 7.18. The van der Waals surface area contributed by atoms with Gasteiger partial charge in [-0.2, -0.15) is 0 Å². The third-order valence-electron chi connectivity index (χ3n) is 12.7. The fraction of sp³-hybridized carbons (Fsp3) is 0.176. The molecule has 5 aliphatic carbocycles. The van der Waals surface area contributed by atoms with Gasteiger partial charge in [-0.3, -0.25) is 0 Å². The van der Waals surface area contributed by atoms with Crippen LogP contribution in [-0.4, -0.2) is 12.2 Å². The van der Waals surface area contributed by atoms with Crippen LogP contribution >= 0.6 is 0 Å². The molecule has 0 radical (unpaired) electrons. The van der Waals surface area contributed by atoms with E-state index in [0.717, 1.165) is 12.8 Å². The summed E-state index contributed by atoms with van der Waals surface area (Å²) in [6.45, 7) is 4.74. The first-order valence-corrected chi connectivity index (χ1v) is 18.9. The van der Waals surface area contributed by atoms with E-state index in [0.29, 0.717) is 0 Å². The summed E-state index contributed by atoms with van der Waals surface area (Å²) in [5.41, 5.74) is 19.2. The average Bonchev–Trinajstić information content (AvgIpc) is 3.43. The minimum Gasteiger partial charge on any atom is -0.364 e. The van der Waals surface area contributed by atoms with Crippen LogP contribution in [0.1, 0.15) is 53.6 Å². The predicted octanol–water partition coefficient (Wildman–Crippen LogP) is 10.2. The standard InChI is InChI=1S/C51H40O/c1-51(2)46-17-7-6-12-40(46)41-25-24-36(29-47(41)51)33-18-19-34-27-37(22-20-32(34)26-33)39-13-8-16-44-42-14-9-15-43-45-28-35(31-10-4-3-5-11-31)21-23-38(45)30-48(49(42)43)52-50(39)44/h3-17,20-30,44,48-50H,18-19H2,1-2H3. The molecule has 5 aromatic carbocycles. The highest BCUT2D eigenvalue weighted by Crippen LogP contribution is 2.51. The largest absolute Gasteiger partial charge is 0.364 e. The van der Waals surface area contributed by atoms with Crippen molar-refractivity contribution in [2.24, 2.45) is 11.8 Å². The van der Waals surface area contributed by atoms with Crippen molar-refractivity contribution in [3.05, 3.63) is 195 Å². The van der Waals surface area contributed by atoms with E-state index >= 15 is 0 Å². The summed E-state index contributed by atoms with van der Waals surface area (Å²) in [4.78, 5) is 0. The van der Waals surface area contributed by atoms with Gasteiger partial charge in [0, 0.05) is 17.3 Å². The lowest BCUT2D eigenvalue weighted by Gasteiger charge is -2.46. The maximum Gasteiger partial charge on any atom is 0.0939 e. The highest BCUT2D eigenvalue weighted by molar-refractivity contribution is 5.89. The molecular weight excluding hydrogens is 629 g/mol. The summed E-state index contributed by atoms with van der Waals surface area (Å²) in [6, 6.07) is 40.8. The maximum atomic E-state index is 7.18. The lowest BCUT2D eigenvalue weighted by Crippen LogP contribution is -2.49. The number of hydrogen-bond donors (Lipinski definition) is 0. The molecule has 250 valence electrons. The van der Waals surface area contributed by atoms with Gasteiger partial charge < -0.3 is 4.74 Å². The Kier molecular flexibility index (Phi) is 6.52. The molecule has 0 saturated carbocycles. The van der Waals surface area contributed by atoms with Crippen LogP contribution in [0.5, 0.6) is 0 Å². The number of hydrogen-bond acceptors (Lipinski definition) is 1. The van der Waals surface area contributed by atoms with Crippen molar-refractivity contribution in [1.29, 1.82) is 0 Å². The minimum atomic E-state index is -0.0155. The van der Waals surface area contributed by atoms with E-state index < -0.39 is 0 Å². The van der Waals surface area contributed by atoms with Gasteiger partial charge in [0.1, 0.15) is 0 Å². The number of ether oxygens (including phenoxy) is 1. The summed E-state index contributed by atoms with van der Waals surface area (Å²) < 4.78 is 7.18. The normalized spacial score (nSPS) is 23.8. The monoisotopic (exact) mass is 668 g/mol. The Balaban J connectivity index is 0.910. The molecule has 1 heteroatoms. The third-order valence-corrected chi connectivity index (χ3v) is 12.7. The summed E-state index contributed by atoms with van der Waals surface area (Å²) in [5, 5.41) is 2.60. The number of rotatable bonds is 3. The SMILES string of the molecule is CC1(C)c2ccccc2-c2ccc(C3=Cc4ccc(C5=CC=CC6C7=CC=CC8=c9cc(-c%10ccccc%10)ccc9=CC(OC56)C78)cc4CC3)cc21. The molecule has 11 rings (SSSR count). The molecule has 1 heterocycles. The molecule has 4 unspecified atom stereocenters. The Hall–Kier alpha value is -5.50. The molecule has 0 aromatic heterocycles. The zero-order chi connectivity index (χ0) is 34.6. The van der Waals surface area contributed by atoms with Crippen molar-refractivity contribution in [3.8, 4) is 22.3 Å². The molecule has 0 amide bonds. The quantitative estimate of drug-likeness (QED) is 0.186. The van der Waals surface area contributed by atoms with E-state index in [2.05, 4.69) is 172 Å². The third kappa shape index (κ3) is 4.45. The zero-order valence-electron chi connectivity index (χ0n) is 29.6. The first-order chi connectivity index (χ1) is 25.5. The van der Waals surface area contributed by atoms with Crippen LogP contribution in [0.2, 0.25) is 0 Å². The molecular formula is C51H40O. The summed E-state index contributed by atoms with van der Waals surface area (Å²) in [7, 11) is 0. The zero-order valence-corrected chi connectivity index (χ0v) is 29.6. The van der Waals surface area contributed by atoms with Gasteiger partial charge in [0.25, 0.3) is 0 Å². The van der Waals surface area contributed by atoms with Crippen LogP contribution < -0.4 is 10.4 Å². The second-order valence-corrected chi connectivity index (χ2v) is 15.9. The van der Waals surface area contributed by atoms with Crippen LogP contribution in [0, 0.1) is 11.8 Å². The summed E-state index contributed by atoms with van der Waals surface area (Å²) >= 11 is 0. The second-order valence-electron chi connectivity index (χ2n) is 15.9. The molecule has 5 aromatic rings. The van der Waals surface area contributed by atoms with E-state index in [-0.39, 0.29) is 29.5 Å². The van der Waals surface area contributed by atoms with E-state index in [4.69, 9.17) is 4.74 Å². The predicted molar refractivity (Wildman–Crippen MR) is 216 cm³/mol. The van der Waals surface area contributed by atoms with Crippen molar-refractivity contribution in [2.45, 2.75) is 44.3 Å². The van der Waals surface area contributed by atoms with Crippen LogP contribution in [0.15, 0.2) is 151 Å². The smallest absolute Gasteiger partial charge is 0.0939 e. The first-order valence-electron chi connectivity index (χ1n) is 18.9.